The van der Waals surface area contributed by atoms with E-state index in [1.54, 1.807) is 24.3 Å². The predicted molar refractivity (Wildman–Crippen MR) is 50.4 cm³/mol. The van der Waals surface area contributed by atoms with Gasteiger partial charge in [0.15, 0.2) is 0 Å². The van der Waals surface area contributed by atoms with Gasteiger partial charge in [-0.3, -0.25) is 4.79 Å². The molecular formula is C11H11FO2. The molecule has 3 heteroatoms. The lowest BCUT2D eigenvalue weighted by Crippen LogP contribution is -2.34. The fraction of sp³-hybridized carbons (Fsp3) is 0.364. The predicted octanol–water partition coefficient (Wildman–Crippen LogP) is 2.38. The van der Waals surface area contributed by atoms with Crippen LogP contribution in [0.25, 0.3) is 0 Å². The molecule has 0 amide bonds. The summed E-state index contributed by atoms with van der Waals surface area (Å²) in [5.41, 5.74) is 0.620. The van der Waals surface area contributed by atoms with E-state index in [9.17, 15) is 9.18 Å². The van der Waals surface area contributed by atoms with Crippen LogP contribution >= 0.6 is 0 Å². The van der Waals surface area contributed by atoms with Gasteiger partial charge in [-0.15, -0.1) is 0 Å². The monoisotopic (exact) mass is 194 g/mol. The molecule has 2 rings (SSSR count). The summed E-state index contributed by atoms with van der Waals surface area (Å²) in [7, 11) is 0. The highest BCUT2D eigenvalue weighted by Crippen LogP contribution is 2.27. The normalized spacial score (nSPS) is 25.2. The minimum absolute atomic E-state index is 0.00656. The van der Waals surface area contributed by atoms with Crippen LogP contribution in [-0.2, 0) is 0 Å². The standard InChI is InChI=1S/C11H11FO2/c12-9-5-11(6-9)14-10-3-1-8(7-13)2-4-10/h1-4,7,9,11H,5-6H2/t9-,11+. The van der Waals surface area contributed by atoms with Crippen molar-refractivity contribution >= 4 is 6.29 Å². The van der Waals surface area contributed by atoms with Crippen LogP contribution in [0.15, 0.2) is 24.3 Å². The Morgan fingerprint density at radius 3 is 2.43 bits per heavy atom. The first kappa shape index (κ1) is 9.19. The van der Waals surface area contributed by atoms with E-state index in [0.29, 0.717) is 24.2 Å². The van der Waals surface area contributed by atoms with Gasteiger partial charge in [0.05, 0.1) is 0 Å². The van der Waals surface area contributed by atoms with Crippen molar-refractivity contribution < 1.29 is 13.9 Å². The summed E-state index contributed by atoms with van der Waals surface area (Å²) in [4.78, 5) is 10.4. The molecule has 0 heterocycles. The first-order valence-corrected chi connectivity index (χ1v) is 4.64. The van der Waals surface area contributed by atoms with Crippen LogP contribution in [0.5, 0.6) is 5.75 Å². The Kier molecular flexibility index (Phi) is 2.48. The van der Waals surface area contributed by atoms with Gasteiger partial charge in [0.25, 0.3) is 0 Å². The van der Waals surface area contributed by atoms with Gasteiger partial charge < -0.3 is 4.74 Å². The van der Waals surface area contributed by atoms with Gasteiger partial charge in [-0.25, -0.2) is 4.39 Å². The number of rotatable bonds is 3. The van der Waals surface area contributed by atoms with Gasteiger partial charge >= 0.3 is 0 Å². The molecular weight excluding hydrogens is 183 g/mol. The maximum Gasteiger partial charge on any atom is 0.150 e. The molecule has 1 fully saturated rings. The molecule has 0 aliphatic heterocycles. The molecule has 0 bridgehead atoms. The van der Waals surface area contributed by atoms with Crippen LogP contribution in [0.1, 0.15) is 23.2 Å². The quantitative estimate of drug-likeness (QED) is 0.690. The first-order chi connectivity index (χ1) is 6.78. The van der Waals surface area contributed by atoms with Crippen LogP contribution in [0.3, 0.4) is 0 Å². The Morgan fingerprint density at radius 1 is 1.29 bits per heavy atom. The van der Waals surface area contributed by atoms with E-state index in [1.165, 1.54) is 0 Å². The molecule has 0 radical (unpaired) electrons. The Balaban J connectivity index is 1.93. The highest BCUT2D eigenvalue weighted by molar-refractivity contribution is 5.74. The number of carbonyl (C=O) groups excluding carboxylic acids is 1. The van der Waals surface area contributed by atoms with E-state index in [2.05, 4.69) is 0 Å². The molecule has 1 saturated carbocycles. The molecule has 1 aromatic carbocycles. The lowest BCUT2D eigenvalue weighted by molar-refractivity contribution is 0.0410. The lowest BCUT2D eigenvalue weighted by atomic mass is 9.93. The SMILES string of the molecule is O=Cc1ccc(O[C@H]2C[C@@H](F)C2)cc1. The summed E-state index contributed by atoms with van der Waals surface area (Å²) in [5.74, 6) is 0.701. The van der Waals surface area contributed by atoms with Crippen molar-refractivity contribution in [3.05, 3.63) is 29.8 Å². The number of aldehydes is 1. The molecule has 0 N–H and O–H groups in total. The third-order valence-corrected chi connectivity index (χ3v) is 2.36. The van der Waals surface area contributed by atoms with E-state index < -0.39 is 6.17 Å². The summed E-state index contributed by atoms with van der Waals surface area (Å²) in [6, 6.07) is 6.84. The summed E-state index contributed by atoms with van der Waals surface area (Å²) in [6.07, 6.45) is 1.05. The number of carbonyl (C=O) groups is 1. The Bertz CT molecular complexity index is 315. The van der Waals surface area contributed by atoms with Gasteiger partial charge in [-0.2, -0.15) is 0 Å². The van der Waals surface area contributed by atoms with Gasteiger partial charge in [0, 0.05) is 18.4 Å². The minimum atomic E-state index is -0.700. The maximum absolute atomic E-state index is 12.5. The molecule has 14 heavy (non-hydrogen) atoms. The van der Waals surface area contributed by atoms with Crippen molar-refractivity contribution in [2.24, 2.45) is 0 Å². The van der Waals surface area contributed by atoms with Crippen LogP contribution in [0.2, 0.25) is 0 Å². The topological polar surface area (TPSA) is 26.3 Å². The number of hydrogen-bond acceptors (Lipinski definition) is 2. The molecule has 1 aromatic rings. The number of alkyl halides is 1. The minimum Gasteiger partial charge on any atom is -0.490 e. The fourth-order valence-electron chi connectivity index (χ4n) is 1.42. The van der Waals surface area contributed by atoms with Gasteiger partial charge in [0.2, 0.25) is 0 Å². The van der Waals surface area contributed by atoms with Gasteiger partial charge in [0.1, 0.15) is 24.3 Å². The number of ether oxygens (including phenoxy) is 1. The number of hydrogen-bond donors (Lipinski definition) is 0. The second-order valence-corrected chi connectivity index (χ2v) is 3.50. The highest BCUT2D eigenvalue weighted by atomic mass is 19.1. The van der Waals surface area contributed by atoms with Crippen LogP contribution < -0.4 is 4.74 Å². The largest absolute Gasteiger partial charge is 0.490 e. The van der Waals surface area contributed by atoms with E-state index in [-0.39, 0.29) is 6.10 Å². The lowest BCUT2D eigenvalue weighted by Gasteiger charge is -2.29. The average molecular weight is 194 g/mol. The van der Waals surface area contributed by atoms with E-state index in [0.717, 1.165) is 6.29 Å². The van der Waals surface area contributed by atoms with E-state index in [4.69, 9.17) is 4.74 Å². The van der Waals surface area contributed by atoms with Crippen LogP contribution in [0.4, 0.5) is 4.39 Å². The van der Waals surface area contributed by atoms with Crippen LogP contribution in [-0.4, -0.2) is 18.6 Å². The zero-order chi connectivity index (χ0) is 9.97. The zero-order valence-corrected chi connectivity index (χ0v) is 7.65. The highest BCUT2D eigenvalue weighted by Gasteiger charge is 2.30. The summed E-state index contributed by atoms with van der Waals surface area (Å²) in [6.45, 7) is 0. The molecule has 0 saturated heterocycles. The van der Waals surface area contributed by atoms with Crippen LogP contribution in [0, 0.1) is 0 Å². The molecule has 74 valence electrons. The Hall–Kier alpha value is -1.38. The van der Waals surface area contributed by atoms with Gasteiger partial charge in [-0.05, 0) is 24.3 Å². The third-order valence-electron chi connectivity index (χ3n) is 2.36. The molecule has 1 aliphatic carbocycles. The Labute approximate surface area is 81.7 Å². The summed E-state index contributed by atoms with van der Waals surface area (Å²) < 4.78 is 17.9. The fourth-order valence-corrected chi connectivity index (χ4v) is 1.42. The molecule has 2 nitrogen and oxygen atoms in total. The second-order valence-electron chi connectivity index (χ2n) is 3.50. The number of benzene rings is 1. The second kappa shape index (κ2) is 3.78. The number of halogens is 1. The molecule has 0 spiro atoms. The van der Waals surface area contributed by atoms with E-state index in [1.807, 2.05) is 0 Å². The van der Waals surface area contributed by atoms with Crippen molar-refractivity contribution in [3.8, 4) is 5.75 Å². The average Bonchev–Trinajstić information content (AvgIpc) is 2.17. The summed E-state index contributed by atoms with van der Waals surface area (Å²) in [5, 5.41) is 0. The smallest absolute Gasteiger partial charge is 0.150 e. The van der Waals surface area contributed by atoms with Crippen molar-refractivity contribution in [1.29, 1.82) is 0 Å². The van der Waals surface area contributed by atoms with Crippen molar-refractivity contribution in [2.75, 3.05) is 0 Å². The molecule has 0 unspecified atom stereocenters. The maximum atomic E-state index is 12.5. The van der Waals surface area contributed by atoms with E-state index >= 15 is 0 Å². The molecule has 1 aliphatic rings. The van der Waals surface area contributed by atoms with Crippen molar-refractivity contribution in [2.45, 2.75) is 25.1 Å². The Morgan fingerprint density at radius 2 is 1.93 bits per heavy atom. The first-order valence-electron chi connectivity index (χ1n) is 4.64. The van der Waals surface area contributed by atoms with Crippen molar-refractivity contribution in [3.63, 3.8) is 0 Å². The van der Waals surface area contributed by atoms with Gasteiger partial charge in [-0.1, -0.05) is 0 Å². The third kappa shape index (κ3) is 1.92. The summed E-state index contributed by atoms with van der Waals surface area (Å²) >= 11 is 0. The molecule has 0 atom stereocenters. The van der Waals surface area contributed by atoms with Crippen molar-refractivity contribution in [1.82, 2.24) is 0 Å². The zero-order valence-electron chi connectivity index (χ0n) is 7.65. The molecule has 0 aromatic heterocycles.